The van der Waals surface area contributed by atoms with Gasteiger partial charge in [-0.25, -0.2) is 9.18 Å². The Morgan fingerprint density at radius 2 is 1.77 bits per heavy atom. The maximum atomic E-state index is 14.5. The van der Waals surface area contributed by atoms with Crippen LogP contribution in [-0.2, 0) is 14.3 Å². The van der Waals surface area contributed by atoms with Gasteiger partial charge in [0.15, 0.2) is 0 Å². The molecule has 2 fully saturated rings. The van der Waals surface area contributed by atoms with E-state index in [1.807, 2.05) is 0 Å². The number of likely N-dealkylation sites (tertiary alicyclic amines) is 1. The largest absolute Gasteiger partial charge is 0.444 e. The molecule has 2 atom stereocenters. The molecule has 39 heavy (non-hydrogen) atoms. The molecule has 0 radical (unpaired) electrons. The van der Waals surface area contributed by atoms with Gasteiger partial charge in [0.1, 0.15) is 17.5 Å². The summed E-state index contributed by atoms with van der Waals surface area (Å²) < 4.78 is 20.0. The molecule has 3 amide bonds. The number of ether oxygens (including phenoxy) is 1. The molecule has 2 aliphatic rings. The first kappa shape index (κ1) is 28.9. The third-order valence-corrected chi connectivity index (χ3v) is 7.52. The molecule has 2 aromatic carbocycles. The molecule has 7 nitrogen and oxygen atoms in total. The zero-order valence-corrected chi connectivity index (χ0v) is 23.5. The average molecular weight is 558 g/mol. The van der Waals surface area contributed by atoms with Crippen LogP contribution >= 0.6 is 11.6 Å². The van der Waals surface area contributed by atoms with Crippen molar-refractivity contribution in [3.8, 4) is 0 Å². The van der Waals surface area contributed by atoms with E-state index in [2.05, 4.69) is 5.32 Å². The van der Waals surface area contributed by atoms with Gasteiger partial charge in [0, 0.05) is 35.4 Å². The molecule has 1 aliphatic carbocycles. The Balaban J connectivity index is 1.70. The highest BCUT2D eigenvalue weighted by Gasteiger charge is 2.41. The molecule has 2 aromatic rings. The second kappa shape index (κ2) is 12.4. The van der Waals surface area contributed by atoms with Crippen LogP contribution in [0, 0.1) is 11.7 Å². The van der Waals surface area contributed by atoms with E-state index in [1.165, 1.54) is 28.0 Å². The van der Waals surface area contributed by atoms with E-state index in [-0.39, 0.29) is 30.1 Å². The van der Waals surface area contributed by atoms with Crippen molar-refractivity contribution in [1.82, 2.24) is 10.2 Å². The van der Waals surface area contributed by atoms with E-state index in [1.54, 1.807) is 51.1 Å². The van der Waals surface area contributed by atoms with Crippen LogP contribution in [0.25, 0.3) is 0 Å². The second-order valence-electron chi connectivity index (χ2n) is 11.4. The molecular formula is C30H37ClFN3O4. The average Bonchev–Trinajstić information content (AvgIpc) is 3.38. The first-order valence-corrected chi connectivity index (χ1v) is 14.0. The number of hydrogen-bond acceptors (Lipinski definition) is 4. The molecule has 1 heterocycles. The van der Waals surface area contributed by atoms with Crippen molar-refractivity contribution in [3.63, 3.8) is 0 Å². The van der Waals surface area contributed by atoms with E-state index < -0.39 is 29.5 Å². The number of carbonyl (C=O) groups excluding carboxylic acids is 3. The number of hydrogen-bond donors (Lipinski definition) is 1. The van der Waals surface area contributed by atoms with Crippen LogP contribution in [0.3, 0.4) is 0 Å². The molecule has 2 unspecified atom stereocenters. The lowest BCUT2D eigenvalue weighted by atomic mass is 9.94. The Bertz CT molecular complexity index is 1190. The number of halogens is 2. The quantitative estimate of drug-likeness (QED) is 0.455. The Morgan fingerprint density at radius 1 is 1.05 bits per heavy atom. The topological polar surface area (TPSA) is 79.0 Å². The van der Waals surface area contributed by atoms with Crippen molar-refractivity contribution in [1.29, 1.82) is 0 Å². The fraction of sp³-hybridized carbons (Fsp3) is 0.500. The minimum atomic E-state index is -1.12. The summed E-state index contributed by atoms with van der Waals surface area (Å²) in [6.07, 6.45) is 4.80. The normalized spacial score (nSPS) is 18.9. The summed E-state index contributed by atoms with van der Waals surface area (Å²) in [4.78, 5) is 43.8. The summed E-state index contributed by atoms with van der Waals surface area (Å²) in [6, 6.07) is 11.4. The van der Waals surface area contributed by atoms with Gasteiger partial charge in [-0.05, 0) is 64.3 Å². The molecule has 4 rings (SSSR count). The first-order chi connectivity index (χ1) is 18.5. The number of benzene rings is 2. The lowest BCUT2D eigenvalue weighted by Gasteiger charge is -2.35. The first-order valence-electron chi connectivity index (χ1n) is 13.6. The van der Waals surface area contributed by atoms with E-state index in [0.717, 1.165) is 32.1 Å². The van der Waals surface area contributed by atoms with Gasteiger partial charge in [-0.3, -0.25) is 14.5 Å². The monoisotopic (exact) mass is 557 g/mol. The SMILES string of the molecule is CC(C)(C)OC(=O)N1CCC(C(=O)N(c2cccc(F)c2)C(C(=O)NC2CCCCC2)c2ccccc2Cl)C1. The van der Waals surface area contributed by atoms with E-state index in [4.69, 9.17) is 16.3 Å². The van der Waals surface area contributed by atoms with Crippen LogP contribution in [0.5, 0.6) is 0 Å². The van der Waals surface area contributed by atoms with Gasteiger partial charge in [0.05, 0.1) is 5.92 Å². The van der Waals surface area contributed by atoms with Crippen molar-refractivity contribution in [3.05, 3.63) is 64.9 Å². The molecular weight excluding hydrogens is 521 g/mol. The smallest absolute Gasteiger partial charge is 0.410 e. The number of nitrogens with one attached hydrogen (secondary N) is 1. The molecule has 1 aliphatic heterocycles. The van der Waals surface area contributed by atoms with Crippen LogP contribution in [0.2, 0.25) is 5.02 Å². The molecule has 0 bridgehead atoms. The zero-order valence-electron chi connectivity index (χ0n) is 22.8. The van der Waals surface area contributed by atoms with Gasteiger partial charge in [-0.2, -0.15) is 0 Å². The van der Waals surface area contributed by atoms with Crippen LogP contribution in [0.15, 0.2) is 48.5 Å². The predicted octanol–water partition coefficient (Wildman–Crippen LogP) is 6.26. The molecule has 0 aromatic heterocycles. The van der Waals surface area contributed by atoms with Gasteiger partial charge >= 0.3 is 6.09 Å². The summed E-state index contributed by atoms with van der Waals surface area (Å²) in [5.41, 5.74) is 0.0330. The fourth-order valence-corrected chi connectivity index (χ4v) is 5.54. The highest BCUT2D eigenvalue weighted by Crippen LogP contribution is 2.35. The second-order valence-corrected chi connectivity index (χ2v) is 11.8. The molecule has 210 valence electrons. The predicted molar refractivity (Wildman–Crippen MR) is 149 cm³/mol. The fourth-order valence-electron chi connectivity index (χ4n) is 5.30. The van der Waals surface area contributed by atoms with Crippen LogP contribution in [-0.4, -0.2) is 47.5 Å². The third kappa shape index (κ3) is 7.29. The summed E-state index contributed by atoms with van der Waals surface area (Å²) >= 11 is 6.60. The number of amides is 3. The zero-order chi connectivity index (χ0) is 28.2. The van der Waals surface area contributed by atoms with Gasteiger partial charge in [0.2, 0.25) is 11.8 Å². The van der Waals surface area contributed by atoms with Crippen LogP contribution in [0.4, 0.5) is 14.9 Å². The molecule has 9 heteroatoms. The lowest BCUT2D eigenvalue weighted by Crippen LogP contribution is -2.49. The van der Waals surface area contributed by atoms with Crippen LogP contribution < -0.4 is 10.2 Å². The number of rotatable bonds is 6. The van der Waals surface area contributed by atoms with Crippen molar-refractivity contribution in [2.45, 2.75) is 77.0 Å². The van der Waals surface area contributed by atoms with Gasteiger partial charge < -0.3 is 15.0 Å². The summed E-state index contributed by atoms with van der Waals surface area (Å²) in [7, 11) is 0. The Hall–Kier alpha value is -3.13. The third-order valence-electron chi connectivity index (χ3n) is 7.17. The number of nitrogens with zero attached hydrogens (tertiary/aromatic N) is 2. The van der Waals surface area contributed by atoms with Gasteiger partial charge in [0.25, 0.3) is 0 Å². The maximum Gasteiger partial charge on any atom is 0.410 e. The minimum Gasteiger partial charge on any atom is -0.444 e. The number of carbonyl (C=O) groups is 3. The Morgan fingerprint density at radius 3 is 2.44 bits per heavy atom. The van der Waals surface area contributed by atoms with Crippen molar-refractivity contribution >= 4 is 35.2 Å². The van der Waals surface area contributed by atoms with Gasteiger partial charge in [-0.1, -0.05) is 55.1 Å². The van der Waals surface area contributed by atoms with E-state index in [0.29, 0.717) is 23.6 Å². The maximum absolute atomic E-state index is 14.5. The summed E-state index contributed by atoms with van der Waals surface area (Å²) in [5.74, 6) is -1.88. The van der Waals surface area contributed by atoms with E-state index in [9.17, 15) is 18.8 Å². The van der Waals surface area contributed by atoms with Crippen molar-refractivity contribution < 1.29 is 23.5 Å². The standard InChI is InChI=1S/C30H37ClFN3O4/c1-30(2,3)39-29(38)34-17-16-20(19-34)28(37)35(23-13-9-10-21(32)18-23)26(24-14-7-8-15-25(24)31)27(36)33-22-11-5-4-6-12-22/h7-10,13-15,18,20,22,26H,4-6,11-12,16-17,19H2,1-3H3,(H,33,36). The number of anilines is 1. The van der Waals surface area contributed by atoms with Gasteiger partial charge in [-0.15, -0.1) is 0 Å². The molecule has 1 saturated carbocycles. The molecule has 1 saturated heterocycles. The highest BCUT2D eigenvalue weighted by atomic mass is 35.5. The molecule has 0 spiro atoms. The molecule has 1 N–H and O–H groups in total. The van der Waals surface area contributed by atoms with Crippen LogP contribution in [0.1, 0.15) is 70.9 Å². The van der Waals surface area contributed by atoms with Crippen molar-refractivity contribution in [2.24, 2.45) is 5.92 Å². The minimum absolute atomic E-state index is 0.00478. The van der Waals surface area contributed by atoms with E-state index >= 15 is 0 Å². The summed E-state index contributed by atoms with van der Waals surface area (Å²) in [6.45, 7) is 5.84. The lowest BCUT2D eigenvalue weighted by molar-refractivity contribution is -0.128. The Kier molecular flexibility index (Phi) is 9.15. The Labute approximate surface area is 234 Å². The summed E-state index contributed by atoms with van der Waals surface area (Å²) in [5, 5.41) is 3.47. The van der Waals surface area contributed by atoms with Crippen molar-refractivity contribution in [2.75, 3.05) is 18.0 Å². The highest BCUT2D eigenvalue weighted by molar-refractivity contribution is 6.31.